The van der Waals surface area contributed by atoms with Crippen LogP contribution in [0.4, 0.5) is 5.82 Å². The van der Waals surface area contributed by atoms with Gasteiger partial charge in [0.2, 0.25) is 0 Å². The van der Waals surface area contributed by atoms with Gasteiger partial charge in [-0.1, -0.05) is 36.4 Å². The zero-order chi connectivity index (χ0) is 18.6. The van der Waals surface area contributed by atoms with Crippen molar-refractivity contribution in [2.45, 2.75) is 19.5 Å². The van der Waals surface area contributed by atoms with E-state index in [1.54, 1.807) is 0 Å². The highest BCUT2D eigenvalue weighted by molar-refractivity contribution is 5.83. The number of hydrogen-bond donors (Lipinski definition) is 1. The van der Waals surface area contributed by atoms with Crippen LogP contribution in [0.5, 0.6) is 0 Å². The minimum Gasteiger partial charge on any atom is -0.354 e. The van der Waals surface area contributed by atoms with Gasteiger partial charge in [-0.3, -0.25) is 0 Å². The number of anilines is 1. The Morgan fingerprint density at radius 2 is 1.74 bits per heavy atom. The first-order chi connectivity index (χ1) is 13.2. The van der Waals surface area contributed by atoms with E-state index in [-0.39, 0.29) is 0 Å². The molecular formula is C23H28N4. The fourth-order valence-electron chi connectivity index (χ4n) is 3.64. The Labute approximate surface area is 161 Å². The molecule has 0 radical (unpaired) electrons. The number of benzene rings is 2. The van der Waals surface area contributed by atoms with Crippen molar-refractivity contribution in [2.24, 2.45) is 0 Å². The second-order valence-corrected chi connectivity index (χ2v) is 7.52. The molecule has 1 aromatic heterocycles. The standard InChI is InChI=1S/C23H28N4/c1-18(21-8-7-20-5-3-4-6-22(20)16-21)25-17-19-9-10-24-23(15-19)27-13-11-26(2)12-14-27/h3-10,15-16,18,25H,11-14,17H2,1-2H3/t18-/m0/s1. The zero-order valence-corrected chi connectivity index (χ0v) is 16.2. The van der Waals surface area contributed by atoms with Crippen LogP contribution >= 0.6 is 0 Å². The van der Waals surface area contributed by atoms with Crippen LogP contribution in [0, 0.1) is 0 Å². The molecule has 1 atom stereocenters. The van der Waals surface area contributed by atoms with Crippen LogP contribution in [0.3, 0.4) is 0 Å². The van der Waals surface area contributed by atoms with Gasteiger partial charge < -0.3 is 15.1 Å². The molecule has 4 rings (SSSR count). The molecule has 0 spiro atoms. The van der Waals surface area contributed by atoms with E-state index in [9.17, 15) is 0 Å². The Kier molecular flexibility index (Phi) is 5.37. The molecular weight excluding hydrogens is 332 g/mol. The molecule has 0 saturated carbocycles. The number of piperazine rings is 1. The molecule has 4 heteroatoms. The summed E-state index contributed by atoms with van der Waals surface area (Å²) >= 11 is 0. The number of nitrogens with one attached hydrogen (secondary N) is 1. The molecule has 2 aromatic carbocycles. The lowest BCUT2D eigenvalue weighted by atomic mass is 10.0. The summed E-state index contributed by atoms with van der Waals surface area (Å²) in [5.74, 6) is 1.10. The Balaban J connectivity index is 1.41. The Bertz CT molecular complexity index is 900. The van der Waals surface area contributed by atoms with Crippen LogP contribution in [0.1, 0.15) is 24.1 Å². The Hall–Kier alpha value is -2.43. The van der Waals surface area contributed by atoms with E-state index >= 15 is 0 Å². The van der Waals surface area contributed by atoms with Crippen molar-refractivity contribution in [3.8, 4) is 0 Å². The summed E-state index contributed by atoms with van der Waals surface area (Å²) in [6.07, 6.45) is 1.94. The summed E-state index contributed by atoms with van der Waals surface area (Å²) in [7, 11) is 2.18. The first kappa shape index (κ1) is 18.0. The zero-order valence-electron chi connectivity index (χ0n) is 16.2. The average molecular weight is 361 g/mol. The summed E-state index contributed by atoms with van der Waals surface area (Å²) in [6.45, 7) is 7.37. The highest BCUT2D eigenvalue weighted by atomic mass is 15.3. The van der Waals surface area contributed by atoms with Crippen molar-refractivity contribution in [2.75, 3.05) is 38.1 Å². The molecule has 1 N–H and O–H groups in total. The first-order valence-electron chi connectivity index (χ1n) is 9.79. The fourth-order valence-corrected chi connectivity index (χ4v) is 3.64. The van der Waals surface area contributed by atoms with Gasteiger partial charge in [0, 0.05) is 45.0 Å². The summed E-state index contributed by atoms with van der Waals surface area (Å²) in [5.41, 5.74) is 2.61. The second kappa shape index (κ2) is 8.07. The molecule has 4 nitrogen and oxygen atoms in total. The smallest absolute Gasteiger partial charge is 0.128 e. The maximum Gasteiger partial charge on any atom is 0.128 e. The van der Waals surface area contributed by atoms with Gasteiger partial charge in [0.05, 0.1) is 0 Å². The molecule has 1 aliphatic rings. The normalized spacial score (nSPS) is 16.6. The number of likely N-dealkylation sites (N-methyl/N-ethyl adjacent to an activating group) is 1. The van der Waals surface area contributed by atoms with Gasteiger partial charge in [-0.15, -0.1) is 0 Å². The summed E-state index contributed by atoms with van der Waals surface area (Å²) < 4.78 is 0. The van der Waals surface area contributed by atoms with Crippen molar-refractivity contribution >= 4 is 16.6 Å². The monoisotopic (exact) mass is 360 g/mol. The van der Waals surface area contributed by atoms with E-state index < -0.39 is 0 Å². The largest absolute Gasteiger partial charge is 0.354 e. The number of aromatic nitrogens is 1. The second-order valence-electron chi connectivity index (χ2n) is 7.52. The van der Waals surface area contributed by atoms with E-state index in [0.717, 1.165) is 38.5 Å². The molecule has 140 valence electrons. The molecule has 1 aliphatic heterocycles. The van der Waals surface area contributed by atoms with E-state index in [1.807, 2.05) is 6.20 Å². The molecule has 0 aliphatic carbocycles. The van der Waals surface area contributed by atoms with Crippen molar-refractivity contribution in [1.29, 1.82) is 0 Å². The maximum absolute atomic E-state index is 4.59. The summed E-state index contributed by atoms with van der Waals surface area (Å²) in [4.78, 5) is 9.34. The number of rotatable bonds is 5. The van der Waals surface area contributed by atoms with E-state index in [4.69, 9.17) is 0 Å². The predicted molar refractivity (Wildman–Crippen MR) is 113 cm³/mol. The summed E-state index contributed by atoms with van der Waals surface area (Å²) in [5, 5.41) is 6.25. The maximum atomic E-state index is 4.59. The Morgan fingerprint density at radius 3 is 2.56 bits per heavy atom. The molecule has 0 bridgehead atoms. The Morgan fingerprint density at radius 1 is 0.963 bits per heavy atom. The van der Waals surface area contributed by atoms with Gasteiger partial charge in [-0.2, -0.15) is 0 Å². The van der Waals surface area contributed by atoms with Gasteiger partial charge in [0.15, 0.2) is 0 Å². The third-order valence-electron chi connectivity index (χ3n) is 5.52. The van der Waals surface area contributed by atoms with Crippen LogP contribution in [0.15, 0.2) is 60.8 Å². The van der Waals surface area contributed by atoms with Crippen LogP contribution in [-0.4, -0.2) is 43.1 Å². The van der Waals surface area contributed by atoms with Gasteiger partial charge in [-0.25, -0.2) is 4.98 Å². The minimum atomic E-state index is 0.301. The van der Waals surface area contributed by atoms with E-state index in [2.05, 4.69) is 88.7 Å². The fraction of sp³-hybridized carbons (Fsp3) is 0.348. The average Bonchev–Trinajstić information content (AvgIpc) is 2.72. The van der Waals surface area contributed by atoms with Crippen molar-refractivity contribution < 1.29 is 0 Å². The van der Waals surface area contributed by atoms with Crippen molar-refractivity contribution in [1.82, 2.24) is 15.2 Å². The third kappa shape index (κ3) is 4.29. The quantitative estimate of drug-likeness (QED) is 0.749. The summed E-state index contributed by atoms with van der Waals surface area (Å²) in [6, 6.07) is 19.9. The molecule has 27 heavy (non-hydrogen) atoms. The van der Waals surface area contributed by atoms with Gasteiger partial charge in [0.1, 0.15) is 5.82 Å². The van der Waals surface area contributed by atoms with E-state index in [1.165, 1.54) is 21.9 Å². The van der Waals surface area contributed by atoms with Crippen LogP contribution in [0.25, 0.3) is 10.8 Å². The van der Waals surface area contributed by atoms with Crippen LogP contribution in [0.2, 0.25) is 0 Å². The molecule has 0 amide bonds. The SMILES string of the molecule is C[C@H](NCc1ccnc(N2CCN(C)CC2)c1)c1ccc2ccccc2c1. The molecule has 0 unspecified atom stereocenters. The van der Waals surface area contributed by atoms with Crippen LogP contribution < -0.4 is 10.2 Å². The molecule has 1 saturated heterocycles. The van der Waals surface area contributed by atoms with Gasteiger partial charge in [0.25, 0.3) is 0 Å². The lowest BCUT2D eigenvalue weighted by Crippen LogP contribution is -2.44. The third-order valence-corrected chi connectivity index (χ3v) is 5.52. The highest BCUT2D eigenvalue weighted by Gasteiger charge is 2.15. The predicted octanol–water partition coefficient (Wildman–Crippen LogP) is 3.84. The van der Waals surface area contributed by atoms with Gasteiger partial charge in [-0.05, 0) is 54.1 Å². The van der Waals surface area contributed by atoms with E-state index in [0.29, 0.717) is 6.04 Å². The lowest BCUT2D eigenvalue weighted by Gasteiger charge is -2.33. The molecule has 1 fully saturated rings. The number of pyridine rings is 1. The van der Waals surface area contributed by atoms with Crippen molar-refractivity contribution in [3.05, 3.63) is 71.9 Å². The molecule has 2 heterocycles. The van der Waals surface area contributed by atoms with Crippen LogP contribution in [-0.2, 0) is 6.54 Å². The number of nitrogens with zero attached hydrogens (tertiary/aromatic N) is 3. The van der Waals surface area contributed by atoms with Gasteiger partial charge >= 0.3 is 0 Å². The topological polar surface area (TPSA) is 31.4 Å². The highest BCUT2D eigenvalue weighted by Crippen LogP contribution is 2.21. The number of fused-ring (bicyclic) bond motifs is 1. The first-order valence-corrected chi connectivity index (χ1v) is 9.79. The minimum absolute atomic E-state index is 0.301. The number of hydrogen-bond acceptors (Lipinski definition) is 4. The van der Waals surface area contributed by atoms with Crippen molar-refractivity contribution in [3.63, 3.8) is 0 Å². The lowest BCUT2D eigenvalue weighted by molar-refractivity contribution is 0.312. The molecule has 3 aromatic rings.